The van der Waals surface area contributed by atoms with Gasteiger partial charge in [0.2, 0.25) is 5.13 Å². The van der Waals surface area contributed by atoms with Gasteiger partial charge in [-0.05, 0) is 22.9 Å². The van der Waals surface area contributed by atoms with Crippen LogP contribution in [-0.4, -0.2) is 24.6 Å². The molecule has 3 heterocycles. The summed E-state index contributed by atoms with van der Waals surface area (Å²) in [7, 11) is 0. The van der Waals surface area contributed by atoms with Gasteiger partial charge in [-0.15, -0.1) is 10.2 Å². The van der Waals surface area contributed by atoms with E-state index in [2.05, 4.69) is 41.4 Å². The fourth-order valence-electron chi connectivity index (χ4n) is 1.58. The molecule has 92 valence electrons. The standard InChI is InChI=1S/C10H9BrN6S/c1-6-15-16-10(18-6)14-3-7-2-13-9-4-12-8(11)5-17(7)9/h2,4-5H,3H2,1H3,(H,14,16). The van der Waals surface area contributed by atoms with Crippen LogP contribution in [-0.2, 0) is 6.54 Å². The molecular weight excluding hydrogens is 316 g/mol. The zero-order chi connectivity index (χ0) is 12.5. The first-order valence-corrected chi connectivity index (χ1v) is 6.85. The highest BCUT2D eigenvalue weighted by molar-refractivity contribution is 9.10. The SMILES string of the molecule is Cc1nnc(NCc2cnc3cnc(Br)cn23)s1. The van der Waals surface area contributed by atoms with Crippen molar-refractivity contribution in [2.45, 2.75) is 13.5 Å². The first-order valence-electron chi connectivity index (χ1n) is 5.24. The molecule has 0 spiro atoms. The molecule has 3 aromatic heterocycles. The molecule has 18 heavy (non-hydrogen) atoms. The van der Waals surface area contributed by atoms with Gasteiger partial charge < -0.3 is 5.32 Å². The van der Waals surface area contributed by atoms with Crippen LogP contribution < -0.4 is 5.32 Å². The molecule has 6 nitrogen and oxygen atoms in total. The molecule has 8 heteroatoms. The van der Waals surface area contributed by atoms with E-state index in [1.807, 2.05) is 23.7 Å². The molecule has 0 bridgehead atoms. The fraction of sp³-hybridized carbons (Fsp3) is 0.200. The zero-order valence-electron chi connectivity index (χ0n) is 9.46. The summed E-state index contributed by atoms with van der Waals surface area (Å²) in [6, 6.07) is 0. The number of imidazole rings is 1. The van der Waals surface area contributed by atoms with Crippen molar-refractivity contribution in [2.75, 3.05) is 5.32 Å². The number of aryl methyl sites for hydroxylation is 1. The lowest BCUT2D eigenvalue weighted by molar-refractivity contribution is 0.966. The third-order valence-corrected chi connectivity index (χ3v) is 3.59. The van der Waals surface area contributed by atoms with Crippen LogP contribution in [0.5, 0.6) is 0 Å². The Hall–Kier alpha value is -1.54. The van der Waals surface area contributed by atoms with E-state index in [0.29, 0.717) is 6.54 Å². The molecule has 0 saturated heterocycles. The maximum atomic E-state index is 4.28. The van der Waals surface area contributed by atoms with Crippen molar-refractivity contribution in [3.8, 4) is 0 Å². The Labute approximate surface area is 115 Å². The molecular formula is C10H9BrN6S. The van der Waals surface area contributed by atoms with Crippen LogP contribution in [0, 0.1) is 6.92 Å². The topological polar surface area (TPSA) is 68.0 Å². The lowest BCUT2D eigenvalue weighted by Crippen LogP contribution is -2.02. The van der Waals surface area contributed by atoms with E-state index < -0.39 is 0 Å². The van der Waals surface area contributed by atoms with Crippen molar-refractivity contribution >= 4 is 38.0 Å². The van der Waals surface area contributed by atoms with Crippen LogP contribution in [0.15, 0.2) is 23.2 Å². The van der Waals surface area contributed by atoms with Gasteiger partial charge in [-0.25, -0.2) is 9.97 Å². The predicted octanol–water partition coefficient (Wildman–Crippen LogP) is 2.26. The van der Waals surface area contributed by atoms with E-state index in [1.54, 1.807) is 6.20 Å². The number of anilines is 1. The lowest BCUT2D eigenvalue weighted by Gasteiger charge is -2.02. The van der Waals surface area contributed by atoms with Gasteiger partial charge in [0.05, 0.1) is 24.6 Å². The summed E-state index contributed by atoms with van der Waals surface area (Å²) in [5.74, 6) is 0. The summed E-state index contributed by atoms with van der Waals surface area (Å²) < 4.78 is 2.76. The van der Waals surface area contributed by atoms with E-state index in [0.717, 1.165) is 26.1 Å². The van der Waals surface area contributed by atoms with Gasteiger partial charge in [-0.1, -0.05) is 11.3 Å². The van der Waals surface area contributed by atoms with E-state index in [1.165, 1.54) is 11.3 Å². The number of fused-ring (bicyclic) bond motifs is 1. The van der Waals surface area contributed by atoms with Crippen LogP contribution >= 0.6 is 27.3 Å². The second-order valence-electron chi connectivity index (χ2n) is 3.67. The van der Waals surface area contributed by atoms with Crippen LogP contribution in [0.25, 0.3) is 5.65 Å². The molecule has 3 rings (SSSR count). The number of nitrogens with zero attached hydrogens (tertiary/aromatic N) is 5. The molecule has 0 aliphatic heterocycles. The van der Waals surface area contributed by atoms with Gasteiger partial charge in [0, 0.05) is 6.20 Å². The fourth-order valence-corrected chi connectivity index (χ4v) is 2.48. The Bertz CT molecular complexity index is 691. The van der Waals surface area contributed by atoms with E-state index in [4.69, 9.17) is 0 Å². The van der Waals surface area contributed by atoms with Crippen molar-refractivity contribution in [2.24, 2.45) is 0 Å². The molecule has 0 fully saturated rings. The van der Waals surface area contributed by atoms with Gasteiger partial charge in [0.15, 0.2) is 5.65 Å². The van der Waals surface area contributed by atoms with Crippen molar-refractivity contribution in [3.63, 3.8) is 0 Å². The van der Waals surface area contributed by atoms with Gasteiger partial charge in [0.25, 0.3) is 0 Å². The third kappa shape index (κ3) is 2.21. The lowest BCUT2D eigenvalue weighted by atomic mass is 10.4. The minimum absolute atomic E-state index is 0.645. The summed E-state index contributed by atoms with van der Waals surface area (Å²) in [6.07, 6.45) is 5.44. The highest BCUT2D eigenvalue weighted by atomic mass is 79.9. The summed E-state index contributed by atoms with van der Waals surface area (Å²) in [6.45, 7) is 2.58. The molecule has 0 unspecified atom stereocenters. The maximum Gasteiger partial charge on any atom is 0.205 e. The highest BCUT2D eigenvalue weighted by Crippen LogP contribution is 2.16. The molecule has 0 aliphatic rings. The monoisotopic (exact) mass is 324 g/mol. The number of rotatable bonds is 3. The molecule has 0 radical (unpaired) electrons. The van der Waals surface area contributed by atoms with Crippen LogP contribution in [0.3, 0.4) is 0 Å². The second kappa shape index (κ2) is 4.62. The summed E-state index contributed by atoms with van der Waals surface area (Å²) >= 11 is 4.88. The Morgan fingerprint density at radius 3 is 3.00 bits per heavy atom. The van der Waals surface area contributed by atoms with Gasteiger partial charge in [-0.2, -0.15) is 0 Å². The zero-order valence-corrected chi connectivity index (χ0v) is 11.9. The Balaban J connectivity index is 1.84. The second-order valence-corrected chi connectivity index (χ2v) is 5.66. The predicted molar refractivity (Wildman–Crippen MR) is 72.7 cm³/mol. The quantitative estimate of drug-likeness (QED) is 0.800. The number of aromatic nitrogens is 5. The van der Waals surface area contributed by atoms with Crippen LogP contribution in [0.2, 0.25) is 0 Å². The van der Waals surface area contributed by atoms with Crippen LogP contribution in [0.4, 0.5) is 5.13 Å². The summed E-state index contributed by atoms with van der Waals surface area (Å²) in [5.41, 5.74) is 1.87. The van der Waals surface area contributed by atoms with E-state index >= 15 is 0 Å². The first-order chi connectivity index (χ1) is 8.72. The maximum absolute atomic E-state index is 4.28. The van der Waals surface area contributed by atoms with Crippen molar-refractivity contribution < 1.29 is 0 Å². The summed E-state index contributed by atoms with van der Waals surface area (Å²) in [5, 5.41) is 13.0. The smallest absolute Gasteiger partial charge is 0.205 e. The average Bonchev–Trinajstić information content (AvgIpc) is 2.93. The van der Waals surface area contributed by atoms with Crippen molar-refractivity contribution in [3.05, 3.63) is 33.9 Å². The number of hydrogen-bond donors (Lipinski definition) is 1. The van der Waals surface area contributed by atoms with Gasteiger partial charge in [-0.3, -0.25) is 4.40 Å². The minimum atomic E-state index is 0.645. The van der Waals surface area contributed by atoms with Crippen molar-refractivity contribution in [1.29, 1.82) is 0 Å². The largest absolute Gasteiger partial charge is 0.354 e. The van der Waals surface area contributed by atoms with Gasteiger partial charge >= 0.3 is 0 Å². The van der Waals surface area contributed by atoms with E-state index in [9.17, 15) is 0 Å². The summed E-state index contributed by atoms with van der Waals surface area (Å²) in [4.78, 5) is 8.42. The Morgan fingerprint density at radius 2 is 2.22 bits per heavy atom. The molecule has 0 aromatic carbocycles. The van der Waals surface area contributed by atoms with Crippen molar-refractivity contribution in [1.82, 2.24) is 24.6 Å². The number of nitrogens with one attached hydrogen (secondary N) is 1. The first kappa shape index (κ1) is 11.5. The van der Waals surface area contributed by atoms with E-state index in [-0.39, 0.29) is 0 Å². The molecule has 0 saturated carbocycles. The molecule has 0 amide bonds. The Kier molecular flexibility index (Phi) is 2.96. The minimum Gasteiger partial charge on any atom is -0.354 e. The molecule has 3 aromatic rings. The Morgan fingerprint density at radius 1 is 1.33 bits per heavy atom. The average molecular weight is 325 g/mol. The number of halogens is 1. The molecule has 0 aliphatic carbocycles. The highest BCUT2D eigenvalue weighted by Gasteiger charge is 2.05. The van der Waals surface area contributed by atoms with Crippen LogP contribution in [0.1, 0.15) is 10.7 Å². The third-order valence-electron chi connectivity index (χ3n) is 2.39. The normalized spacial score (nSPS) is 11.0. The van der Waals surface area contributed by atoms with Gasteiger partial charge in [0.1, 0.15) is 9.61 Å². The molecule has 1 N–H and O–H groups in total. The number of hydrogen-bond acceptors (Lipinski definition) is 6. The molecule has 0 atom stereocenters.